The van der Waals surface area contributed by atoms with Crippen molar-refractivity contribution in [1.29, 1.82) is 0 Å². The summed E-state index contributed by atoms with van der Waals surface area (Å²) < 4.78 is 1.62. The minimum absolute atomic E-state index is 0.161. The maximum atomic E-state index is 13.6. The predicted octanol–water partition coefficient (Wildman–Crippen LogP) is 6.11. The monoisotopic (exact) mass is 520 g/mol. The summed E-state index contributed by atoms with van der Waals surface area (Å²) in [6.45, 7) is 7.06. The lowest BCUT2D eigenvalue weighted by Gasteiger charge is -2.17. The van der Waals surface area contributed by atoms with Crippen LogP contribution in [0.25, 0.3) is 17.1 Å². The number of halogens is 2. The van der Waals surface area contributed by atoms with Crippen molar-refractivity contribution in [3.8, 4) is 17.1 Å². The molecule has 4 aromatic rings. The lowest BCUT2D eigenvalue weighted by molar-refractivity contribution is 0.0688. The molecular formula is C28H26Cl2N4O2. The smallest absolute Gasteiger partial charge is 0.274 e. The Labute approximate surface area is 219 Å². The maximum Gasteiger partial charge on any atom is 0.274 e. The average Bonchev–Trinajstić information content (AvgIpc) is 3.63. The molecule has 0 saturated heterocycles. The highest BCUT2D eigenvalue weighted by molar-refractivity contribution is 6.32. The van der Waals surface area contributed by atoms with E-state index in [0.717, 1.165) is 33.8 Å². The van der Waals surface area contributed by atoms with E-state index in [-0.39, 0.29) is 22.4 Å². The highest BCUT2D eigenvalue weighted by Crippen LogP contribution is 2.57. The van der Waals surface area contributed by atoms with Gasteiger partial charge >= 0.3 is 0 Å². The van der Waals surface area contributed by atoms with Crippen molar-refractivity contribution in [2.24, 2.45) is 0 Å². The Morgan fingerprint density at radius 3 is 2.44 bits per heavy atom. The summed E-state index contributed by atoms with van der Waals surface area (Å²) in [7, 11) is 0. The molecular weight excluding hydrogens is 495 g/mol. The number of aryl methyl sites for hydroxylation is 2. The van der Waals surface area contributed by atoms with E-state index in [0.29, 0.717) is 22.9 Å². The summed E-state index contributed by atoms with van der Waals surface area (Å²) in [6.07, 6.45) is 4.20. The zero-order valence-electron chi connectivity index (χ0n) is 20.5. The van der Waals surface area contributed by atoms with Gasteiger partial charge in [-0.3, -0.25) is 14.3 Å². The standard InChI is InChI=1S/C28H26Cl2N4O2/c1-15-14-32-23(22-9-10-31-27(33-22)28(3,4)36)13-24(15)34-16(2)11-20(25(30)26(34)35)19-12-18(19)17-7-5-6-8-21(17)29/h5-11,13-14,18-19,36H,12H2,1-4H3/t18?,19-/m1/s1. The van der Waals surface area contributed by atoms with Crippen LogP contribution in [0.2, 0.25) is 10.0 Å². The molecule has 1 unspecified atom stereocenters. The number of pyridine rings is 2. The van der Waals surface area contributed by atoms with Gasteiger partial charge in [0.2, 0.25) is 0 Å². The van der Waals surface area contributed by atoms with E-state index in [4.69, 9.17) is 23.2 Å². The summed E-state index contributed by atoms with van der Waals surface area (Å²) in [5, 5.41) is 11.3. The van der Waals surface area contributed by atoms with Gasteiger partial charge in [0.25, 0.3) is 5.56 Å². The van der Waals surface area contributed by atoms with Crippen LogP contribution < -0.4 is 5.56 Å². The van der Waals surface area contributed by atoms with Crippen molar-refractivity contribution in [2.75, 3.05) is 0 Å². The Morgan fingerprint density at radius 1 is 1.00 bits per heavy atom. The molecule has 0 aliphatic heterocycles. The van der Waals surface area contributed by atoms with Crippen LogP contribution in [0.5, 0.6) is 0 Å². The Morgan fingerprint density at radius 2 is 1.72 bits per heavy atom. The molecule has 184 valence electrons. The molecule has 8 heteroatoms. The number of hydrogen-bond donors (Lipinski definition) is 1. The van der Waals surface area contributed by atoms with E-state index in [9.17, 15) is 9.90 Å². The number of rotatable bonds is 5. The topological polar surface area (TPSA) is 80.9 Å². The predicted molar refractivity (Wildman–Crippen MR) is 142 cm³/mol. The minimum Gasteiger partial charge on any atom is -0.382 e. The number of nitrogens with zero attached hydrogens (tertiary/aromatic N) is 4. The maximum absolute atomic E-state index is 13.6. The van der Waals surface area contributed by atoms with E-state index < -0.39 is 5.60 Å². The largest absolute Gasteiger partial charge is 0.382 e. The first-order chi connectivity index (χ1) is 17.1. The zero-order chi connectivity index (χ0) is 25.8. The molecule has 36 heavy (non-hydrogen) atoms. The fraction of sp³-hybridized carbons (Fsp3) is 0.286. The zero-order valence-corrected chi connectivity index (χ0v) is 22.0. The third-order valence-electron chi connectivity index (χ3n) is 6.64. The van der Waals surface area contributed by atoms with Crippen LogP contribution in [-0.4, -0.2) is 24.6 Å². The highest BCUT2D eigenvalue weighted by Gasteiger charge is 2.42. The molecule has 0 amide bonds. The van der Waals surface area contributed by atoms with Gasteiger partial charge in [-0.05, 0) is 86.9 Å². The first-order valence-electron chi connectivity index (χ1n) is 11.8. The Hall–Kier alpha value is -3.06. The van der Waals surface area contributed by atoms with Crippen molar-refractivity contribution in [3.05, 3.63) is 103 Å². The second-order valence-electron chi connectivity index (χ2n) is 9.85. The highest BCUT2D eigenvalue weighted by atomic mass is 35.5. The van der Waals surface area contributed by atoms with E-state index in [1.165, 1.54) is 0 Å². The molecule has 6 nitrogen and oxygen atoms in total. The number of hydrogen-bond acceptors (Lipinski definition) is 5. The van der Waals surface area contributed by atoms with Gasteiger partial charge in [-0.1, -0.05) is 41.4 Å². The first kappa shape index (κ1) is 24.6. The van der Waals surface area contributed by atoms with Gasteiger partial charge < -0.3 is 5.11 Å². The molecule has 0 spiro atoms. The quantitative estimate of drug-likeness (QED) is 0.343. The van der Waals surface area contributed by atoms with E-state index in [1.54, 1.807) is 36.9 Å². The van der Waals surface area contributed by atoms with Crippen LogP contribution in [0.15, 0.2) is 59.7 Å². The van der Waals surface area contributed by atoms with Crippen molar-refractivity contribution >= 4 is 23.2 Å². The second kappa shape index (κ2) is 9.11. The number of aliphatic hydroxyl groups is 1. The summed E-state index contributed by atoms with van der Waals surface area (Å²) in [5.74, 6) is 0.707. The summed E-state index contributed by atoms with van der Waals surface area (Å²) >= 11 is 13.1. The van der Waals surface area contributed by atoms with Gasteiger partial charge in [0.05, 0.1) is 17.1 Å². The van der Waals surface area contributed by atoms with Gasteiger partial charge in [-0.25, -0.2) is 9.97 Å². The SMILES string of the molecule is Cc1cnc(-c2ccnc(C(C)(C)O)n2)cc1-n1c(C)cc([C@@H]2CC2c2ccccc2Cl)c(Cl)c1=O. The van der Waals surface area contributed by atoms with Gasteiger partial charge in [0.15, 0.2) is 5.82 Å². The summed E-state index contributed by atoms with van der Waals surface area (Å²) in [4.78, 5) is 26.7. The third kappa shape index (κ3) is 4.45. The van der Waals surface area contributed by atoms with E-state index in [1.807, 2.05) is 50.2 Å². The Balaban J connectivity index is 1.55. The van der Waals surface area contributed by atoms with Gasteiger partial charge in [-0.15, -0.1) is 0 Å². The third-order valence-corrected chi connectivity index (χ3v) is 7.36. The molecule has 1 aliphatic rings. The molecule has 5 rings (SSSR count). The van der Waals surface area contributed by atoms with Crippen LogP contribution in [0.1, 0.15) is 60.3 Å². The first-order valence-corrected chi connectivity index (χ1v) is 12.5. The van der Waals surface area contributed by atoms with Crippen molar-refractivity contribution in [1.82, 2.24) is 19.5 Å². The van der Waals surface area contributed by atoms with Gasteiger partial charge in [0.1, 0.15) is 10.6 Å². The average molecular weight is 521 g/mol. The second-order valence-corrected chi connectivity index (χ2v) is 10.6. The van der Waals surface area contributed by atoms with Crippen LogP contribution in [0.4, 0.5) is 0 Å². The minimum atomic E-state index is -1.19. The van der Waals surface area contributed by atoms with E-state index >= 15 is 0 Å². The fourth-order valence-electron chi connectivity index (χ4n) is 4.65. The van der Waals surface area contributed by atoms with Crippen LogP contribution in [0, 0.1) is 13.8 Å². The van der Waals surface area contributed by atoms with Crippen molar-refractivity contribution in [2.45, 2.75) is 51.6 Å². The molecule has 1 saturated carbocycles. The van der Waals surface area contributed by atoms with Gasteiger partial charge in [-0.2, -0.15) is 0 Å². The number of benzene rings is 1. The number of aromatic nitrogens is 4. The van der Waals surface area contributed by atoms with Gasteiger partial charge in [0, 0.05) is 23.1 Å². The van der Waals surface area contributed by atoms with Crippen molar-refractivity contribution in [3.63, 3.8) is 0 Å². The van der Waals surface area contributed by atoms with E-state index in [2.05, 4.69) is 15.0 Å². The molecule has 1 aliphatic carbocycles. The molecule has 1 aromatic carbocycles. The molecule has 1 fully saturated rings. The van der Waals surface area contributed by atoms with Crippen LogP contribution in [-0.2, 0) is 5.60 Å². The molecule has 0 radical (unpaired) electrons. The summed E-state index contributed by atoms with van der Waals surface area (Å²) in [6, 6.07) is 13.4. The molecule has 1 N–H and O–H groups in total. The summed E-state index contributed by atoms with van der Waals surface area (Å²) in [5.41, 5.74) is 3.90. The molecule has 0 bridgehead atoms. The van der Waals surface area contributed by atoms with Crippen molar-refractivity contribution < 1.29 is 5.11 Å². The van der Waals surface area contributed by atoms with Crippen LogP contribution >= 0.6 is 23.2 Å². The molecule has 2 atom stereocenters. The Kier molecular flexibility index (Phi) is 6.23. The molecule has 3 aromatic heterocycles. The molecule has 3 heterocycles. The lowest BCUT2D eigenvalue weighted by Crippen LogP contribution is -2.23. The normalized spacial score (nSPS) is 17.3. The van der Waals surface area contributed by atoms with Crippen LogP contribution in [0.3, 0.4) is 0 Å². The lowest BCUT2D eigenvalue weighted by atomic mass is 10.0. The Bertz CT molecular complexity index is 1540. The fourth-order valence-corrected chi connectivity index (χ4v) is 5.21.